The van der Waals surface area contributed by atoms with E-state index in [0.29, 0.717) is 34.0 Å². The fraction of sp³-hybridized carbons (Fsp3) is 0.231. The first-order valence-corrected chi connectivity index (χ1v) is 15.8. The molecular formula is C26H27N3O5S3. The molecule has 8 nitrogen and oxygen atoms in total. The molecule has 0 saturated carbocycles. The zero-order chi connectivity index (χ0) is 26.8. The van der Waals surface area contributed by atoms with E-state index >= 15 is 0 Å². The van der Waals surface area contributed by atoms with Crippen LogP contribution in [0.3, 0.4) is 0 Å². The number of fused-ring (bicyclic) bond motifs is 1. The number of nitrogens with zero attached hydrogens (tertiary/aromatic N) is 3. The molecule has 1 heterocycles. The van der Waals surface area contributed by atoms with Crippen molar-refractivity contribution in [2.45, 2.75) is 30.2 Å². The number of sulfonamides is 1. The van der Waals surface area contributed by atoms with E-state index in [4.69, 9.17) is 0 Å². The Morgan fingerprint density at radius 3 is 2.08 bits per heavy atom. The first kappa shape index (κ1) is 26.9. The highest BCUT2D eigenvalue weighted by Crippen LogP contribution is 2.32. The average Bonchev–Trinajstić information content (AvgIpc) is 3.31. The van der Waals surface area contributed by atoms with Crippen molar-refractivity contribution in [2.24, 2.45) is 0 Å². The summed E-state index contributed by atoms with van der Waals surface area (Å²) in [6, 6.07) is 20.0. The monoisotopic (exact) mass is 557 g/mol. The summed E-state index contributed by atoms with van der Waals surface area (Å²) in [6.45, 7) is 4.48. The van der Waals surface area contributed by atoms with Crippen LogP contribution in [0.5, 0.6) is 0 Å². The van der Waals surface area contributed by atoms with Gasteiger partial charge in [-0.2, -0.15) is 4.31 Å². The molecule has 0 bridgehead atoms. The van der Waals surface area contributed by atoms with Crippen molar-refractivity contribution in [1.29, 1.82) is 0 Å². The second-order valence-corrected chi connectivity index (χ2v) is 13.4. The normalized spacial score (nSPS) is 12.2. The molecule has 1 aromatic heterocycles. The molecule has 4 aromatic rings. The lowest BCUT2D eigenvalue weighted by molar-refractivity contribution is 0.0985. The van der Waals surface area contributed by atoms with Crippen LogP contribution in [-0.4, -0.2) is 51.4 Å². The minimum atomic E-state index is -3.65. The Kier molecular flexibility index (Phi) is 7.79. The molecule has 4 rings (SSSR count). The zero-order valence-corrected chi connectivity index (χ0v) is 23.1. The van der Waals surface area contributed by atoms with Crippen LogP contribution in [0.4, 0.5) is 5.13 Å². The fourth-order valence-electron chi connectivity index (χ4n) is 3.87. The number of anilines is 1. The summed E-state index contributed by atoms with van der Waals surface area (Å²) in [6.07, 6.45) is 1.14. The fourth-order valence-corrected chi connectivity index (χ4v) is 7.05. The van der Waals surface area contributed by atoms with E-state index in [2.05, 4.69) is 4.98 Å². The van der Waals surface area contributed by atoms with Gasteiger partial charge in [-0.05, 0) is 48.0 Å². The molecule has 0 atom stereocenters. The predicted molar refractivity (Wildman–Crippen MR) is 146 cm³/mol. The summed E-state index contributed by atoms with van der Waals surface area (Å²) >= 11 is 1.22. The van der Waals surface area contributed by atoms with E-state index in [-0.39, 0.29) is 22.2 Å². The maximum Gasteiger partial charge on any atom is 0.260 e. The molecule has 0 aliphatic heterocycles. The van der Waals surface area contributed by atoms with Crippen molar-refractivity contribution in [3.05, 3.63) is 83.9 Å². The van der Waals surface area contributed by atoms with E-state index < -0.39 is 19.9 Å². The number of benzene rings is 3. The van der Waals surface area contributed by atoms with Gasteiger partial charge in [0.25, 0.3) is 5.91 Å². The second-order valence-electron chi connectivity index (χ2n) is 8.39. The Morgan fingerprint density at radius 1 is 0.865 bits per heavy atom. The SMILES string of the molecule is CCN(CC)S(=O)(=O)c1ccc(C(=O)N(Cc2ccccc2)c2nc3ccc(S(C)(=O)=O)cc3s2)cc1. The van der Waals surface area contributed by atoms with Crippen molar-refractivity contribution in [3.63, 3.8) is 0 Å². The van der Waals surface area contributed by atoms with Crippen LogP contribution in [0, 0.1) is 0 Å². The van der Waals surface area contributed by atoms with Gasteiger partial charge in [0.1, 0.15) is 0 Å². The number of rotatable bonds is 9. The molecule has 3 aromatic carbocycles. The number of hydrogen-bond acceptors (Lipinski definition) is 7. The summed E-state index contributed by atoms with van der Waals surface area (Å²) in [5, 5.41) is 0.411. The van der Waals surface area contributed by atoms with Gasteiger partial charge in [0.2, 0.25) is 10.0 Å². The Balaban J connectivity index is 1.73. The van der Waals surface area contributed by atoms with E-state index in [0.717, 1.165) is 11.8 Å². The Morgan fingerprint density at radius 2 is 1.49 bits per heavy atom. The van der Waals surface area contributed by atoms with Gasteiger partial charge >= 0.3 is 0 Å². The molecule has 1 amide bonds. The second kappa shape index (κ2) is 10.7. The number of carbonyl (C=O) groups excluding carboxylic acids is 1. The molecule has 194 valence electrons. The van der Waals surface area contributed by atoms with Crippen LogP contribution in [0.1, 0.15) is 29.8 Å². The van der Waals surface area contributed by atoms with E-state index in [1.807, 2.05) is 30.3 Å². The van der Waals surface area contributed by atoms with Crippen molar-refractivity contribution in [3.8, 4) is 0 Å². The molecule has 0 aliphatic rings. The minimum Gasteiger partial charge on any atom is -0.279 e. The number of amides is 1. The van der Waals surface area contributed by atoms with Crippen LogP contribution in [0.2, 0.25) is 0 Å². The lowest BCUT2D eigenvalue weighted by Crippen LogP contribution is -2.31. The highest BCUT2D eigenvalue weighted by atomic mass is 32.2. The van der Waals surface area contributed by atoms with Gasteiger partial charge in [-0.25, -0.2) is 21.8 Å². The third-order valence-corrected chi connectivity index (χ3v) is 10.1. The zero-order valence-electron chi connectivity index (χ0n) is 20.7. The lowest BCUT2D eigenvalue weighted by Gasteiger charge is -2.21. The van der Waals surface area contributed by atoms with Gasteiger partial charge < -0.3 is 0 Å². The lowest BCUT2D eigenvalue weighted by atomic mass is 10.1. The van der Waals surface area contributed by atoms with Crippen LogP contribution < -0.4 is 4.90 Å². The molecule has 0 aliphatic carbocycles. The van der Waals surface area contributed by atoms with Gasteiger partial charge in [0.15, 0.2) is 15.0 Å². The molecule has 0 N–H and O–H groups in total. The van der Waals surface area contributed by atoms with Gasteiger partial charge in [0.05, 0.1) is 26.6 Å². The first-order valence-electron chi connectivity index (χ1n) is 11.6. The standard InChI is InChI=1S/C26H27N3O5S3/c1-4-28(5-2)37(33,34)21-13-11-20(12-14-21)25(30)29(18-19-9-7-6-8-10-19)26-27-23-16-15-22(36(3,31)32)17-24(23)35-26/h6-17H,4-5,18H2,1-3H3. The van der Waals surface area contributed by atoms with Gasteiger partial charge in [-0.15, -0.1) is 0 Å². The first-order chi connectivity index (χ1) is 17.5. The highest BCUT2D eigenvalue weighted by molar-refractivity contribution is 7.90. The third kappa shape index (κ3) is 5.74. The number of hydrogen-bond donors (Lipinski definition) is 0. The van der Waals surface area contributed by atoms with Crippen LogP contribution in [0.25, 0.3) is 10.2 Å². The maximum absolute atomic E-state index is 13.7. The summed E-state index contributed by atoms with van der Waals surface area (Å²) < 4.78 is 51.7. The van der Waals surface area contributed by atoms with Crippen molar-refractivity contribution in [1.82, 2.24) is 9.29 Å². The summed E-state index contributed by atoms with van der Waals surface area (Å²) in [7, 11) is -7.04. The van der Waals surface area contributed by atoms with Crippen molar-refractivity contribution >= 4 is 52.5 Å². The van der Waals surface area contributed by atoms with Crippen molar-refractivity contribution < 1.29 is 21.6 Å². The molecule has 0 fully saturated rings. The van der Waals surface area contributed by atoms with Crippen LogP contribution in [-0.2, 0) is 26.4 Å². The van der Waals surface area contributed by atoms with Crippen LogP contribution in [0.15, 0.2) is 82.6 Å². The molecular weight excluding hydrogens is 531 g/mol. The van der Waals surface area contributed by atoms with E-state index in [9.17, 15) is 21.6 Å². The topological polar surface area (TPSA) is 105 Å². The van der Waals surface area contributed by atoms with Gasteiger partial charge in [-0.3, -0.25) is 9.69 Å². The third-order valence-electron chi connectivity index (χ3n) is 5.88. The number of sulfone groups is 1. The summed E-state index contributed by atoms with van der Waals surface area (Å²) in [5.41, 5.74) is 1.78. The minimum absolute atomic E-state index is 0.121. The molecule has 0 unspecified atom stereocenters. The van der Waals surface area contributed by atoms with E-state index in [1.54, 1.807) is 26.0 Å². The smallest absolute Gasteiger partial charge is 0.260 e. The average molecular weight is 558 g/mol. The molecule has 37 heavy (non-hydrogen) atoms. The van der Waals surface area contributed by atoms with Crippen LogP contribution >= 0.6 is 11.3 Å². The highest BCUT2D eigenvalue weighted by Gasteiger charge is 2.25. The number of carbonyl (C=O) groups is 1. The maximum atomic E-state index is 13.7. The van der Waals surface area contributed by atoms with Gasteiger partial charge in [-0.1, -0.05) is 55.5 Å². The Hall–Kier alpha value is -3.12. The van der Waals surface area contributed by atoms with Gasteiger partial charge in [0, 0.05) is 24.9 Å². The van der Waals surface area contributed by atoms with E-state index in [1.165, 1.54) is 50.9 Å². The molecule has 0 spiro atoms. The Bertz CT molecular complexity index is 1630. The molecule has 11 heteroatoms. The molecule has 0 radical (unpaired) electrons. The number of aromatic nitrogens is 1. The van der Waals surface area contributed by atoms with Crippen molar-refractivity contribution in [2.75, 3.05) is 24.2 Å². The summed E-state index contributed by atoms with van der Waals surface area (Å²) in [4.78, 5) is 20.1. The number of thiazole rings is 1. The quantitative estimate of drug-likeness (QED) is 0.298. The summed E-state index contributed by atoms with van der Waals surface area (Å²) in [5.74, 6) is -0.349. The molecule has 0 saturated heterocycles. The largest absolute Gasteiger partial charge is 0.279 e. The Labute approximate surface area is 221 Å². The predicted octanol–water partition coefficient (Wildman–Crippen LogP) is 4.58.